The number of aromatic nitrogens is 2. The van der Waals surface area contributed by atoms with Crippen LogP contribution < -0.4 is 4.74 Å². The number of para-hydroxylation sites is 1. The van der Waals surface area contributed by atoms with Gasteiger partial charge in [-0.25, -0.2) is 4.39 Å². The van der Waals surface area contributed by atoms with Crippen LogP contribution in [0.3, 0.4) is 0 Å². The van der Waals surface area contributed by atoms with E-state index >= 15 is 0 Å². The van der Waals surface area contributed by atoms with Crippen molar-refractivity contribution in [2.75, 3.05) is 20.2 Å². The fourth-order valence-electron chi connectivity index (χ4n) is 3.54. The summed E-state index contributed by atoms with van der Waals surface area (Å²) in [6.45, 7) is 0.925. The summed E-state index contributed by atoms with van der Waals surface area (Å²) in [5, 5.41) is 4.44. The fourth-order valence-corrected chi connectivity index (χ4v) is 3.71. The third-order valence-electron chi connectivity index (χ3n) is 5.01. The zero-order valence-electron chi connectivity index (χ0n) is 15.8. The Kier molecular flexibility index (Phi) is 5.49. The van der Waals surface area contributed by atoms with Gasteiger partial charge >= 0.3 is 0 Å². The number of hydrogen-bond acceptors (Lipinski definition) is 5. The molecule has 0 aliphatic carbocycles. The van der Waals surface area contributed by atoms with E-state index in [4.69, 9.17) is 20.9 Å². The van der Waals surface area contributed by atoms with Gasteiger partial charge in [-0.15, -0.1) is 0 Å². The molecule has 29 heavy (non-hydrogen) atoms. The third-order valence-corrected chi connectivity index (χ3v) is 5.25. The number of nitrogens with zero attached hydrogens (tertiary/aromatic N) is 3. The van der Waals surface area contributed by atoms with Crippen LogP contribution in [-0.4, -0.2) is 41.1 Å². The lowest BCUT2D eigenvalue weighted by molar-refractivity contribution is 0.0699. The molecule has 1 atom stereocenters. The first kappa shape index (κ1) is 19.4. The van der Waals surface area contributed by atoms with Gasteiger partial charge in [0.1, 0.15) is 11.6 Å². The summed E-state index contributed by atoms with van der Waals surface area (Å²) in [7, 11) is 1.58. The Balaban J connectivity index is 1.54. The molecule has 0 radical (unpaired) electrons. The normalized spacial score (nSPS) is 16.7. The molecule has 150 valence electrons. The zero-order chi connectivity index (χ0) is 20.4. The van der Waals surface area contributed by atoms with Crippen molar-refractivity contribution in [3.05, 3.63) is 64.7 Å². The fraction of sp³-hybridized carbons (Fsp3) is 0.286. The van der Waals surface area contributed by atoms with E-state index in [1.165, 1.54) is 18.2 Å². The summed E-state index contributed by atoms with van der Waals surface area (Å²) in [5.41, 5.74) is 0.680. The molecule has 0 bridgehead atoms. The number of carbonyl (C=O) groups is 1. The molecule has 1 aliphatic heterocycles. The highest BCUT2D eigenvalue weighted by atomic mass is 35.5. The maximum absolute atomic E-state index is 14.1. The summed E-state index contributed by atoms with van der Waals surface area (Å²) in [4.78, 5) is 18.9. The molecular formula is C21H19ClFN3O3. The first-order chi connectivity index (χ1) is 14.1. The lowest BCUT2D eigenvalue weighted by atomic mass is 9.96. The molecule has 6 nitrogen and oxygen atoms in total. The summed E-state index contributed by atoms with van der Waals surface area (Å²) in [6, 6.07) is 11.4. The first-order valence-electron chi connectivity index (χ1n) is 9.28. The van der Waals surface area contributed by atoms with E-state index in [9.17, 15) is 9.18 Å². The van der Waals surface area contributed by atoms with E-state index in [1.54, 1.807) is 12.0 Å². The minimum absolute atomic E-state index is 0.0269. The Morgan fingerprint density at radius 2 is 2.14 bits per heavy atom. The number of halogens is 2. The number of hydrogen-bond donors (Lipinski definition) is 0. The smallest absolute Gasteiger partial charge is 0.261 e. The van der Waals surface area contributed by atoms with Crippen molar-refractivity contribution in [1.82, 2.24) is 15.0 Å². The number of amides is 1. The standard InChI is InChI=1S/C21H19ClFN3O3/c1-28-18-7-3-2-6-15(18)20-24-19(25-29-20)13-5-4-10-26(12-13)21(27)16-11-14(22)8-9-17(16)23/h2-3,6-9,11,13H,4-5,10,12H2,1H3/t13-/m1/s1. The predicted octanol–water partition coefficient (Wildman–Crippen LogP) is 4.56. The molecule has 1 saturated heterocycles. The van der Waals surface area contributed by atoms with Gasteiger partial charge in [0.25, 0.3) is 11.8 Å². The third kappa shape index (κ3) is 3.96. The molecule has 4 rings (SSSR count). The molecule has 0 unspecified atom stereocenters. The van der Waals surface area contributed by atoms with Crippen molar-refractivity contribution in [3.63, 3.8) is 0 Å². The number of methoxy groups -OCH3 is 1. The quantitative estimate of drug-likeness (QED) is 0.625. The highest BCUT2D eigenvalue weighted by molar-refractivity contribution is 6.31. The average molecular weight is 416 g/mol. The van der Waals surface area contributed by atoms with Crippen LogP contribution in [0.1, 0.15) is 34.9 Å². The van der Waals surface area contributed by atoms with Crippen molar-refractivity contribution >= 4 is 17.5 Å². The van der Waals surface area contributed by atoms with Gasteiger partial charge in [0, 0.05) is 24.0 Å². The number of likely N-dealkylation sites (tertiary alicyclic amines) is 1. The molecule has 1 fully saturated rings. The Bertz CT molecular complexity index is 1040. The van der Waals surface area contributed by atoms with Crippen LogP contribution in [0.4, 0.5) is 4.39 Å². The van der Waals surface area contributed by atoms with Crippen molar-refractivity contribution in [1.29, 1.82) is 0 Å². The maximum atomic E-state index is 14.1. The van der Waals surface area contributed by atoms with Crippen LogP contribution in [0.15, 0.2) is 47.0 Å². The average Bonchev–Trinajstić information content (AvgIpc) is 3.25. The maximum Gasteiger partial charge on any atom is 0.261 e. The van der Waals surface area contributed by atoms with E-state index in [0.29, 0.717) is 41.1 Å². The molecule has 1 aliphatic rings. The van der Waals surface area contributed by atoms with E-state index in [-0.39, 0.29) is 17.4 Å². The number of piperidine rings is 1. The summed E-state index contributed by atoms with van der Waals surface area (Å²) < 4.78 is 24.9. The minimum Gasteiger partial charge on any atom is -0.496 e. The molecule has 2 heterocycles. The zero-order valence-corrected chi connectivity index (χ0v) is 16.5. The van der Waals surface area contributed by atoms with E-state index in [2.05, 4.69) is 10.1 Å². The minimum atomic E-state index is -0.584. The predicted molar refractivity (Wildman–Crippen MR) is 106 cm³/mol. The summed E-state index contributed by atoms with van der Waals surface area (Å²) in [6.07, 6.45) is 1.57. The molecule has 0 saturated carbocycles. The van der Waals surface area contributed by atoms with Crippen molar-refractivity contribution in [2.45, 2.75) is 18.8 Å². The van der Waals surface area contributed by atoms with E-state index < -0.39 is 5.82 Å². The largest absolute Gasteiger partial charge is 0.496 e. The molecular weight excluding hydrogens is 397 g/mol. The second-order valence-electron chi connectivity index (χ2n) is 6.87. The molecule has 3 aromatic rings. The summed E-state index contributed by atoms with van der Waals surface area (Å²) in [5.74, 6) is 0.459. The Morgan fingerprint density at radius 3 is 2.97 bits per heavy atom. The molecule has 1 aromatic heterocycles. The Hall–Kier alpha value is -2.93. The molecule has 8 heteroatoms. The second-order valence-corrected chi connectivity index (χ2v) is 7.31. The number of carbonyl (C=O) groups excluding carboxylic acids is 1. The second kappa shape index (κ2) is 8.21. The molecule has 0 spiro atoms. The van der Waals surface area contributed by atoms with Gasteiger partial charge in [-0.2, -0.15) is 4.98 Å². The van der Waals surface area contributed by atoms with Crippen LogP contribution in [0.2, 0.25) is 5.02 Å². The topological polar surface area (TPSA) is 68.5 Å². The monoisotopic (exact) mass is 415 g/mol. The SMILES string of the molecule is COc1ccccc1-c1nc([C@@H]2CCCN(C(=O)c3cc(Cl)ccc3F)C2)no1. The summed E-state index contributed by atoms with van der Waals surface area (Å²) >= 11 is 5.93. The van der Waals surface area contributed by atoms with Crippen LogP contribution in [-0.2, 0) is 0 Å². The Labute approximate surface area is 172 Å². The van der Waals surface area contributed by atoms with Crippen LogP contribution in [0, 0.1) is 5.82 Å². The molecule has 2 aromatic carbocycles. The van der Waals surface area contributed by atoms with Gasteiger partial charge in [0.2, 0.25) is 0 Å². The van der Waals surface area contributed by atoms with Gasteiger partial charge in [-0.1, -0.05) is 28.9 Å². The van der Waals surface area contributed by atoms with Crippen molar-refractivity contribution < 1.29 is 18.4 Å². The Morgan fingerprint density at radius 1 is 1.31 bits per heavy atom. The van der Waals surface area contributed by atoms with Crippen molar-refractivity contribution in [2.24, 2.45) is 0 Å². The number of benzene rings is 2. The van der Waals surface area contributed by atoms with Crippen LogP contribution >= 0.6 is 11.6 Å². The number of rotatable bonds is 4. The molecule has 1 amide bonds. The van der Waals surface area contributed by atoms with E-state index in [1.807, 2.05) is 24.3 Å². The molecule has 0 N–H and O–H groups in total. The number of ether oxygens (including phenoxy) is 1. The van der Waals surface area contributed by atoms with Gasteiger partial charge in [-0.05, 0) is 43.2 Å². The van der Waals surface area contributed by atoms with Crippen LogP contribution in [0.25, 0.3) is 11.5 Å². The van der Waals surface area contributed by atoms with Gasteiger partial charge in [0.05, 0.1) is 18.2 Å². The van der Waals surface area contributed by atoms with Gasteiger partial charge in [-0.3, -0.25) is 4.79 Å². The van der Waals surface area contributed by atoms with Crippen LogP contribution in [0.5, 0.6) is 5.75 Å². The van der Waals surface area contributed by atoms with Crippen molar-refractivity contribution in [3.8, 4) is 17.2 Å². The van der Waals surface area contributed by atoms with Gasteiger partial charge < -0.3 is 14.2 Å². The first-order valence-corrected chi connectivity index (χ1v) is 9.66. The highest BCUT2D eigenvalue weighted by Gasteiger charge is 2.30. The highest BCUT2D eigenvalue weighted by Crippen LogP contribution is 2.31. The lowest BCUT2D eigenvalue weighted by Crippen LogP contribution is -2.39. The van der Waals surface area contributed by atoms with Gasteiger partial charge in [0.15, 0.2) is 5.82 Å². The lowest BCUT2D eigenvalue weighted by Gasteiger charge is -2.31. The van der Waals surface area contributed by atoms with E-state index in [0.717, 1.165) is 12.8 Å².